The fourth-order valence-electron chi connectivity index (χ4n) is 1.15. The van der Waals surface area contributed by atoms with Gasteiger partial charge in [0.2, 0.25) is 0 Å². The first-order valence-electron chi connectivity index (χ1n) is 6.00. The molecule has 0 aliphatic rings. The highest BCUT2D eigenvalue weighted by Crippen LogP contribution is 1.88. The van der Waals surface area contributed by atoms with E-state index in [9.17, 15) is 0 Å². The van der Waals surface area contributed by atoms with Crippen LogP contribution in [0, 0.1) is 0 Å². The number of likely N-dealkylation sites (N-methyl/N-ethyl adjacent to an activating group) is 1. The second kappa shape index (κ2) is 12.6. The molecule has 7 nitrogen and oxygen atoms in total. The van der Waals surface area contributed by atoms with Crippen LogP contribution in [0.25, 0.3) is 0 Å². The third-order valence-corrected chi connectivity index (χ3v) is 2.30. The Hall–Kier alpha value is -0.890. The quantitative estimate of drug-likeness (QED) is 0.166. The van der Waals surface area contributed by atoms with Gasteiger partial charge in [-0.25, -0.2) is 0 Å². The molecule has 0 rings (SSSR count). The predicted molar refractivity (Wildman–Crippen MR) is 69.0 cm³/mol. The number of hydrogen-bond acceptors (Lipinski definition) is 6. The van der Waals surface area contributed by atoms with E-state index in [1.165, 1.54) is 0 Å². The number of hydrogen-bond donors (Lipinski definition) is 2. The minimum Gasteiger partial charge on any atom is -0.409 e. The largest absolute Gasteiger partial charge is 0.409 e. The molecule has 0 aliphatic heterocycles. The first kappa shape index (κ1) is 17.1. The van der Waals surface area contributed by atoms with Crippen molar-refractivity contribution in [3.63, 3.8) is 0 Å². The number of oxime groups is 1. The summed E-state index contributed by atoms with van der Waals surface area (Å²) in [6, 6.07) is 0. The van der Waals surface area contributed by atoms with Crippen LogP contribution in [-0.2, 0) is 14.2 Å². The summed E-state index contributed by atoms with van der Waals surface area (Å²) >= 11 is 0. The van der Waals surface area contributed by atoms with Crippen LogP contribution in [0.15, 0.2) is 5.16 Å². The highest BCUT2D eigenvalue weighted by Gasteiger charge is 2.00. The van der Waals surface area contributed by atoms with E-state index in [0.29, 0.717) is 39.5 Å². The molecule has 0 spiro atoms. The van der Waals surface area contributed by atoms with Crippen LogP contribution in [-0.4, -0.2) is 76.2 Å². The molecule has 18 heavy (non-hydrogen) atoms. The summed E-state index contributed by atoms with van der Waals surface area (Å²) < 4.78 is 15.5. The van der Waals surface area contributed by atoms with Gasteiger partial charge in [-0.15, -0.1) is 0 Å². The second-order valence-electron chi connectivity index (χ2n) is 3.86. The predicted octanol–water partition coefficient (Wildman–Crippen LogP) is -0.266. The van der Waals surface area contributed by atoms with E-state index < -0.39 is 0 Å². The number of methoxy groups -OCH3 is 1. The Morgan fingerprint density at radius 2 is 1.72 bits per heavy atom. The first-order valence-corrected chi connectivity index (χ1v) is 6.00. The number of nitrogens with zero attached hydrogens (tertiary/aromatic N) is 2. The number of rotatable bonds is 12. The monoisotopic (exact) mass is 263 g/mol. The molecule has 0 amide bonds. The molecule has 7 heteroatoms. The van der Waals surface area contributed by atoms with Gasteiger partial charge in [0.25, 0.3) is 0 Å². The number of amidine groups is 1. The first-order chi connectivity index (χ1) is 8.70. The Balaban J connectivity index is 3.22. The third kappa shape index (κ3) is 11.6. The topological polar surface area (TPSA) is 89.5 Å². The Labute approximate surface area is 108 Å². The summed E-state index contributed by atoms with van der Waals surface area (Å²) in [7, 11) is 3.60. The average Bonchev–Trinajstić information content (AvgIpc) is 2.39. The van der Waals surface area contributed by atoms with Gasteiger partial charge in [-0.3, -0.25) is 0 Å². The SMILES string of the molecule is COCCOCCOCCN(C)CCC(N)=NO. The molecule has 0 heterocycles. The van der Waals surface area contributed by atoms with Gasteiger partial charge in [-0.05, 0) is 7.05 Å². The maximum Gasteiger partial charge on any atom is 0.140 e. The van der Waals surface area contributed by atoms with Crippen molar-refractivity contribution in [2.24, 2.45) is 10.9 Å². The zero-order chi connectivity index (χ0) is 13.6. The summed E-state index contributed by atoms with van der Waals surface area (Å²) in [5.74, 6) is 0.245. The summed E-state index contributed by atoms with van der Waals surface area (Å²) in [6.07, 6.45) is 0.549. The van der Waals surface area contributed by atoms with Gasteiger partial charge >= 0.3 is 0 Å². The van der Waals surface area contributed by atoms with Crippen molar-refractivity contribution < 1.29 is 19.4 Å². The Morgan fingerprint density at radius 1 is 1.11 bits per heavy atom. The molecule has 0 saturated carbocycles. The van der Waals surface area contributed by atoms with E-state index in [1.807, 2.05) is 7.05 Å². The van der Waals surface area contributed by atoms with E-state index in [4.69, 9.17) is 25.2 Å². The standard InChI is InChI=1S/C11H25N3O4/c1-14(4-3-11(12)13-15)5-6-17-9-10-18-8-7-16-2/h15H,3-10H2,1-2H3,(H2,12,13). The van der Waals surface area contributed by atoms with Crippen LogP contribution < -0.4 is 5.73 Å². The lowest BCUT2D eigenvalue weighted by Gasteiger charge is -2.15. The maximum atomic E-state index is 8.38. The molecule has 0 aromatic heterocycles. The van der Waals surface area contributed by atoms with Gasteiger partial charge in [0.05, 0.1) is 33.0 Å². The zero-order valence-electron chi connectivity index (χ0n) is 11.3. The van der Waals surface area contributed by atoms with Crippen molar-refractivity contribution in [3.8, 4) is 0 Å². The van der Waals surface area contributed by atoms with Crippen LogP contribution in [0.4, 0.5) is 0 Å². The normalized spacial score (nSPS) is 12.3. The third-order valence-electron chi connectivity index (χ3n) is 2.30. The number of ether oxygens (including phenoxy) is 3. The van der Waals surface area contributed by atoms with Crippen molar-refractivity contribution in [2.75, 3.05) is 60.3 Å². The summed E-state index contributed by atoms with van der Waals surface area (Å²) in [5.41, 5.74) is 5.37. The highest BCUT2D eigenvalue weighted by molar-refractivity contribution is 5.79. The van der Waals surface area contributed by atoms with Crippen LogP contribution in [0.2, 0.25) is 0 Å². The second-order valence-corrected chi connectivity index (χ2v) is 3.86. The van der Waals surface area contributed by atoms with E-state index in [1.54, 1.807) is 7.11 Å². The van der Waals surface area contributed by atoms with Crippen LogP contribution in [0.5, 0.6) is 0 Å². The van der Waals surface area contributed by atoms with E-state index in [0.717, 1.165) is 13.1 Å². The molecule has 0 bridgehead atoms. The summed E-state index contributed by atoms with van der Waals surface area (Å²) in [5, 5.41) is 11.3. The Bertz CT molecular complexity index is 214. The van der Waals surface area contributed by atoms with E-state index in [-0.39, 0.29) is 5.84 Å². The molecule has 0 aromatic rings. The fraction of sp³-hybridized carbons (Fsp3) is 0.909. The van der Waals surface area contributed by atoms with E-state index in [2.05, 4.69) is 10.1 Å². The lowest BCUT2D eigenvalue weighted by molar-refractivity contribution is 0.0210. The molecule has 0 aromatic carbocycles. The summed E-state index contributed by atoms with van der Waals surface area (Å²) in [4.78, 5) is 2.06. The minimum atomic E-state index is 0.245. The molecular weight excluding hydrogens is 238 g/mol. The molecule has 0 aliphatic carbocycles. The molecule has 0 fully saturated rings. The van der Waals surface area contributed by atoms with Crippen molar-refractivity contribution in [1.82, 2.24) is 4.90 Å². The summed E-state index contributed by atoms with van der Waals surface area (Å²) in [6.45, 7) is 4.55. The van der Waals surface area contributed by atoms with Gasteiger partial charge in [0.15, 0.2) is 0 Å². The van der Waals surface area contributed by atoms with Crippen LogP contribution in [0.3, 0.4) is 0 Å². The molecule has 3 N–H and O–H groups in total. The van der Waals surface area contributed by atoms with Crippen molar-refractivity contribution >= 4 is 5.84 Å². The van der Waals surface area contributed by atoms with Crippen molar-refractivity contribution in [3.05, 3.63) is 0 Å². The van der Waals surface area contributed by atoms with Gasteiger partial charge in [0, 0.05) is 26.6 Å². The molecule has 108 valence electrons. The van der Waals surface area contributed by atoms with Crippen molar-refractivity contribution in [2.45, 2.75) is 6.42 Å². The smallest absolute Gasteiger partial charge is 0.140 e. The molecule has 0 saturated heterocycles. The highest BCUT2D eigenvalue weighted by atomic mass is 16.5. The molecule has 0 unspecified atom stereocenters. The Kier molecular flexibility index (Phi) is 11.9. The number of nitrogens with two attached hydrogens (primary N) is 1. The average molecular weight is 263 g/mol. The van der Waals surface area contributed by atoms with Crippen LogP contribution in [0.1, 0.15) is 6.42 Å². The van der Waals surface area contributed by atoms with Gasteiger partial charge < -0.3 is 30.1 Å². The molecule has 0 atom stereocenters. The van der Waals surface area contributed by atoms with Crippen LogP contribution >= 0.6 is 0 Å². The van der Waals surface area contributed by atoms with Gasteiger partial charge in [-0.2, -0.15) is 0 Å². The maximum absolute atomic E-state index is 8.38. The fourth-order valence-corrected chi connectivity index (χ4v) is 1.15. The molecular formula is C11H25N3O4. The van der Waals surface area contributed by atoms with E-state index >= 15 is 0 Å². The molecule has 0 radical (unpaired) electrons. The van der Waals surface area contributed by atoms with Crippen molar-refractivity contribution in [1.29, 1.82) is 0 Å². The lowest BCUT2D eigenvalue weighted by atomic mass is 10.4. The Morgan fingerprint density at radius 3 is 2.33 bits per heavy atom. The minimum absolute atomic E-state index is 0.245. The van der Waals surface area contributed by atoms with Gasteiger partial charge in [0.1, 0.15) is 5.84 Å². The van der Waals surface area contributed by atoms with Gasteiger partial charge in [-0.1, -0.05) is 5.16 Å². The zero-order valence-corrected chi connectivity index (χ0v) is 11.3. The lowest BCUT2D eigenvalue weighted by Crippen LogP contribution is -2.28.